The summed E-state index contributed by atoms with van der Waals surface area (Å²) < 4.78 is 68.6. The molecule has 0 heterocycles. The molecule has 0 aromatic rings. The number of ether oxygens (including phenoxy) is 4. The fraction of sp³-hybridized carbons (Fsp3) is 0.947. The average molecular weight is 1400 g/mol. The molecule has 3 N–H and O–H groups in total. The van der Waals surface area contributed by atoms with Crippen molar-refractivity contribution in [3.63, 3.8) is 0 Å². The minimum absolute atomic E-state index is 0.106. The van der Waals surface area contributed by atoms with Crippen LogP contribution in [-0.2, 0) is 65.4 Å². The molecule has 17 nitrogen and oxygen atoms in total. The summed E-state index contributed by atoms with van der Waals surface area (Å²) in [5, 5.41) is 10.6. The molecule has 0 aliphatic heterocycles. The second-order valence-corrected chi connectivity index (χ2v) is 31.3. The van der Waals surface area contributed by atoms with Gasteiger partial charge >= 0.3 is 39.5 Å². The number of carbonyl (C=O) groups excluding carboxylic acids is 4. The van der Waals surface area contributed by atoms with Crippen molar-refractivity contribution >= 4 is 39.5 Å². The zero-order chi connectivity index (χ0) is 70.0. The molecule has 0 bridgehead atoms. The Morgan fingerprint density at radius 2 is 0.484 bits per heavy atom. The van der Waals surface area contributed by atoms with Gasteiger partial charge < -0.3 is 33.8 Å². The van der Waals surface area contributed by atoms with Crippen LogP contribution < -0.4 is 0 Å². The molecule has 0 aliphatic carbocycles. The third-order valence-corrected chi connectivity index (χ3v) is 19.6. The lowest BCUT2D eigenvalue weighted by molar-refractivity contribution is -0.161. The Kier molecular flexibility index (Phi) is 66.5. The lowest BCUT2D eigenvalue weighted by atomic mass is 10.0. The number of phosphoric acid groups is 2. The van der Waals surface area contributed by atoms with Gasteiger partial charge in [-0.05, 0) is 37.5 Å². The zero-order valence-corrected chi connectivity index (χ0v) is 63.8. The summed E-state index contributed by atoms with van der Waals surface area (Å²) in [6.45, 7) is 9.58. The van der Waals surface area contributed by atoms with Crippen molar-refractivity contribution in [2.75, 3.05) is 39.6 Å². The van der Waals surface area contributed by atoms with Crippen LogP contribution in [0.1, 0.15) is 395 Å². The van der Waals surface area contributed by atoms with Gasteiger partial charge in [-0.25, -0.2) is 9.13 Å². The van der Waals surface area contributed by atoms with E-state index >= 15 is 0 Å². The van der Waals surface area contributed by atoms with E-state index in [9.17, 15) is 43.2 Å². The highest BCUT2D eigenvalue weighted by Gasteiger charge is 2.30. The Balaban J connectivity index is 5.26. The largest absolute Gasteiger partial charge is 0.472 e. The number of aliphatic hydroxyl groups is 1. The molecule has 0 aromatic carbocycles. The molecule has 0 radical (unpaired) electrons. The first kappa shape index (κ1) is 93.1. The molecule has 0 fully saturated rings. The molecule has 0 saturated heterocycles. The number of rotatable bonds is 75. The lowest BCUT2D eigenvalue weighted by Gasteiger charge is -2.21. The monoisotopic (exact) mass is 1400 g/mol. The van der Waals surface area contributed by atoms with Crippen molar-refractivity contribution in [2.45, 2.75) is 413 Å². The minimum Gasteiger partial charge on any atom is -0.462 e. The normalized spacial score (nSPS) is 14.0. The summed E-state index contributed by atoms with van der Waals surface area (Å²) in [4.78, 5) is 72.9. The minimum atomic E-state index is -4.96. The van der Waals surface area contributed by atoms with Gasteiger partial charge in [0.05, 0.1) is 26.4 Å². The fourth-order valence-corrected chi connectivity index (χ4v) is 13.2. The number of carbonyl (C=O) groups is 4. The Labute approximate surface area is 581 Å². The summed E-state index contributed by atoms with van der Waals surface area (Å²) in [5.74, 6) is -0.618. The standard InChI is InChI=1S/C76H148O17P2/c1-7-9-11-13-15-17-19-21-23-25-27-34-40-46-52-58-73(78)86-64-71(92-75(80)60-54-48-42-35-28-26-24-22-20-18-16-14-12-10-8-2)66-90-94(82,83)88-62-70(77)63-89-95(84,85)91-67-72(65-87-74(79)59-53-47-41-37-31-33-39-45-51-57-69(5)6)93-76(81)61-55-49-43-36-30-29-32-38-44-50-56-68(3)4/h68-72,77H,7-67H2,1-6H3,(H,82,83)(H,84,85)/t70-,71-,72-/m1/s1. The van der Waals surface area contributed by atoms with Crippen LogP contribution in [0.25, 0.3) is 0 Å². The topological polar surface area (TPSA) is 237 Å². The first-order valence-corrected chi connectivity index (χ1v) is 42.5. The molecule has 0 aliphatic rings. The number of unbranched alkanes of at least 4 members (excludes halogenated alkanes) is 45. The van der Waals surface area contributed by atoms with E-state index in [1.54, 1.807) is 0 Å². The molecule has 0 amide bonds. The quantitative estimate of drug-likeness (QED) is 0.0222. The molecular formula is C76H148O17P2. The van der Waals surface area contributed by atoms with Gasteiger partial charge in [-0.15, -0.1) is 0 Å². The van der Waals surface area contributed by atoms with E-state index in [2.05, 4.69) is 41.5 Å². The molecule has 2 unspecified atom stereocenters. The van der Waals surface area contributed by atoms with E-state index in [-0.39, 0.29) is 25.7 Å². The molecule has 0 aromatic heterocycles. The third-order valence-electron chi connectivity index (χ3n) is 17.7. The number of phosphoric ester groups is 2. The first-order valence-electron chi connectivity index (χ1n) is 39.5. The van der Waals surface area contributed by atoms with Gasteiger partial charge in [-0.1, -0.05) is 343 Å². The Hall–Kier alpha value is -1.94. The highest BCUT2D eigenvalue weighted by atomic mass is 31.2. The van der Waals surface area contributed by atoms with E-state index in [0.29, 0.717) is 25.7 Å². The maximum Gasteiger partial charge on any atom is 0.472 e. The van der Waals surface area contributed by atoms with Crippen LogP contribution in [0, 0.1) is 11.8 Å². The van der Waals surface area contributed by atoms with Gasteiger partial charge in [-0.2, -0.15) is 0 Å². The maximum atomic E-state index is 13.1. The van der Waals surface area contributed by atoms with Crippen molar-refractivity contribution in [3.05, 3.63) is 0 Å². The Morgan fingerprint density at radius 3 is 0.716 bits per heavy atom. The number of esters is 4. The van der Waals surface area contributed by atoms with E-state index in [1.807, 2.05) is 0 Å². The SMILES string of the molecule is CCCCCCCCCCCCCCCCCC(=O)OC[C@H](COP(=O)(O)OC[C@@H](O)COP(=O)(O)OC[C@@H](COC(=O)CCCCCCCCCCCC(C)C)OC(=O)CCCCCCCCCCCCC(C)C)OC(=O)CCCCCCCCCCCCCCCCC. The van der Waals surface area contributed by atoms with E-state index in [4.69, 9.17) is 37.0 Å². The zero-order valence-electron chi connectivity index (χ0n) is 62.0. The molecule has 0 rings (SSSR count). The number of hydrogen-bond acceptors (Lipinski definition) is 15. The smallest absolute Gasteiger partial charge is 0.462 e. The number of hydrogen-bond donors (Lipinski definition) is 3. The maximum absolute atomic E-state index is 13.1. The summed E-state index contributed by atoms with van der Waals surface area (Å²) in [5.41, 5.74) is 0. The van der Waals surface area contributed by atoms with Crippen molar-refractivity contribution in [1.82, 2.24) is 0 Å². The average Bonchev–Trinajstić information content (AvgIpc) is 1.55. The van der Waals surface area contributed by atoms with E-state index in [0.717, 1.165) is 102 Å². The second-order valence-electron chi connectivity index (χ2n) is 28.3. The van der Waals surface area contributed by atoms with Gasteiger partial charge in [0.2, 0.25) is 0 Å². The van der Waals surface area contributed by atoms with Gasteiger partial charge in [0, 0.05) is 25.7 Å². The van der Waals surface area contributed by atoms with Crippen LogP contribution in [-0.4, -0.2) is 96.7 Å². The van der Waals surface area contributed by atoms with Gasteiger partial charge in [0.25, 0.3) is 0 Å². The Bertz CT molecular complexity index is 1840. The van der Waals surface area contributed by atoms with E-state index in [1.165, 1.54) is 212 Å². The Morgan fingerprint density at radius 1 is 0.284 bits per heavy atom. The van der Waals surface area contributed by atoms with Crippen molar-refractivity contribution in [1.29, 1.82) is 0 Å². The van der Waals surface area contributed by atoms with Gasteiger partial charge in [0.1, 0.15) is 19.3 Å². The van der Waals surface area contributed by atoms with Crippen LogP contribution in [0.4, 0.5) is 0 Å². The summed E-state index contributed by atoms with van der Waals surface area (Å²) in [7, 11) is -9.91. The molecule has 0 spiro atoms. The molecule has 0 saturated carbocycles. The van der Waals surface area contributed by atoms with Crippen LogP contribution in [0.15, 0.2) is 0 Å². The summed E-state index contributed by atoms with van der Waals surface area (Å²) in [6, 6.07) is 0. The predicted octanol–water partition coefficient (Wildman–Crippen LogP) is 22.3. The van der Waals surface area contributed by atoms with E-state index < -0.39 is 97.5 Å². The summed E-state index contributed by atoms with van der Waals surface area (Å²) >= 11 is 0. The predicted molar refractivity (Wildman–Crippen MR) is 386 cm³/mol. The van der Waals surface area contributed by atoms with Crippen molar-refractivity contribution in [3.8, 4) is 0 Å². The second kappa shape index (κ2) is 67.9. The van der Waals surface area contributed by atoms with Crippen LogP contribution in [0.2, 0.25) is 0 Å². The van der Waals surface area contributed by atoms with Gasteiger partial charge in [-0.3, -0.25) is 37.3 Å². The lowest BCUT2D eigenvalue weighted by Crippen LogP contribution is -2.30. The highest BCUT2D eigenvalue weighted by Crippen LogP contribution is 2.45. The van der Waals surface area contributed by atoms with Crippen LogP contribution in [0.5, 0.6) is 0 Å². The third kappa shape index (κ3) is 70.3. The molecule has 5 atom stereocenters. The summed E-state index contributed by atoms with van der Waals surface area (Å²) in [6.07, 6.45) is 55.4. The fourth-order valence-electron chi connectivity index (χ4n) is 11.7. The molecular weight excluding hydrogens is 1250 g/mol. The number of aliphatic hydroxyl groups excluding tert-OH is 1. The van der Waals surface area contributed by atoms with Crippen LogP contribution in [0.3, 0.4) is 0 Å². The highest BCUT2D eigenvalue weighted by molar-refractivity contribution is 7.47. The molecule has 95 heavy (non-hydrogen) atoms. The van der Waals surface area contributed by atoms with Gasteiger partial charge in [0.15, 0.2) is 12.2 Å². The first-order chi connectivity index (χ1) is 45.9. The van der Waals surface area contributed by atoms with Crippen molar-refractivity contribution < 1.29 is 80.2 Å². The molecule has 19 heteroatoms. The molecule has 564 valence electrons. The van der Waals surface area contributed by atoms with Crippen LogP contribution >= 0.6 is 15.6 Å². The van der Waals surface area contributed by atoms with Crippen molar-refractivity contribution in [2.24, 2.45) is 11.8 Å².